The predicted octanol–water partition coefficient (Wildman–Crippen LogP) is 3.00. The second-order valence-electron chi connectivity index (χ2n) is 9.69. The fourth-order valence-corrected chi connectivity index (χ4v) is 5.45. The number of methoxy groups -OCH3 is 1. The molecule has 1 aliphatic carbocycles. The summed E-state index contributed by atoms with van der Waals surface area (Å²) in [5, 5.41) is 6.09. The Hall–Kier alpha value is -2.77. The lowest BCUT2D eigenvalue weighted by molar-refractivity contribution is -0.0803. The molecule has 176 valence electrons. The van der Waals surface area contributed by atoms with Gasteiger partial charge in [-0.25, -0.2) is 4.79 Å². The molecule has 2 N–H and O–H groups in total. The standard InChI is InChI=1S/C26H34N4O3/c1-32-24-7-5-20(6-8-24)16-27-25(31)28-22-14-26(15-22)18-29(19-26)17-21-3-2-4-23(13-21)30-9-11-33-12-10-30/h2-8,13,22H,9-12,14-19H2,1H3,(H2,27,28,31). The van der Waals surface area contributed by atoms with Gasteiger partial charge >= 0.3 is 6.03 Å². The van der Waals surface area contributed by atoms with Gasteiger partial charge in [-0.2, -0.15) is 0 Å². The van der Waals surface area contributed by atoms with Gasteiger partial charge in [-0.1, -0.05) is 24.3 Å². The first-order valence-corrected chi connectivity index (χ1v) is 11.9. The van der Waals surface area contributed by atoms with Crippen LogP contribution < -0.4 is 20.3 Å². The summed E-state index contributed by atoms with van der Waals surface area (Å²) in [5.41, 5.74) is 4.14. The van der Waals surface area contributed by atoms with Crippen molar-refractivity contribution in [2.75, 3.05) is 51.4 Å². The van der Waals surface area contributed by atoms with Gasteiger partial charge in [0.25, 0.3) is 0 Å². The minimum atomic E-state index is -0.0817. The van der Waals surface area contributed by atoms with Crippen LogP contribution in [0.2, 0.25) is 0 Å². The van der Waals surface area contributed by atoms with E-state index in [-0.39, 0.29) is 12.1 Å². The quantitative estimate of drug-likeness (QED) is 0.679. The number of urea groups is 1. The molecular weight excluding hydrogens is 416 g/mol. The van der Waals surface area contributed by atoms with Crippen LogP contribution in [0.25, 0.3) is 0 Å². The number of ether oxygens (including phenoxy) is 2. The maximum Gasteiger partial charge on any atom is 0.315 e. The van der Waals surface area contributed by atoms with E-state index in [0.717, 1.165) is 70.1 Å². The maximum atomic E-state index is 12.3. The lowest BCUT2D eigenvalue weighted by Gasteiger charge is -2.59. The van der Waals surface area contributed by atoms with Gasteiger partial charge < -0.3 is 25.0 Å². The third-order valence-electron chi connectivity index (χ3n) is 7.12. The zero-order valence-corrected chi connectivity index (χ0v) is 19.4. The number of nitrogens with one attached hydrogen (secondary N) is 2. The fourth-order valence-electron chi connectivity index (χ4n) is 5.45. The van der Waals surface area contributed by atoms with E-state index >= 15 is 0 Å². The van der Waals surface area contributed by atoms with Gasteiger partial charge in [-0.05, 0) is 53.6 Å². The molecular formula is C26H34N4O3. The average Bonchev–Trinajstić information content (AvgIpc) is 2.81. The molecule has 5 rings (SSSR count). The van der Waals surface area contributed by atoms with Crippen LogP contribution in [0, 0.1) is 5.41 Å². The molecule has 0 aromatic heterocycles. The minimum absolute atomic E-state index is 0.0817. The monoisotopic (exact) mass is 450 g/mol. The molecule has 7 heteroatoms. The number of likely N-dealkylation sites (tertiary alicyclic amines) is 1. The first kappa shape index (κ1) is 22.0. The smallest absolute Gasteiger partial charge is 0.315 e. The normalized spacial score (nSPS) is 20.1. The van der Waals surface area contributed by atoms with Gasteiger partial charge in [0.2, 0.25) is 0 Å². The van der Waals surface area contributed by atoms with Crippen molar-refractivity contribution in [1.29, 1.82) is 0 Å². The Balaban J connectivity index is 1.01. The Morgan fingerprint density at radius 1 is 1.09 bits per heavy atom. The summed E-state index contributed by atoms with van der Waals surface area (Å²) in [7, 11) is 1.65. The molecule has 2 aliphatic heterocycles. The fraction of sp³-hybridized carbons (Fsp3) is 0.500. The van der Waals surface area contributed by atoms with Gasteiger partial charge in [0.1, 0.15) is 5.75 Å². The van der Waals surface area contributed by atoms with E-state index in [9.17, 15) is 4.79 Å². The molecule has 7 nitrogen and oxygen atoms in total. The summed E-state index contributed by atoms with van der Waals surface area (Å²) in [4.78, 5) is 17.2. The molecule has 3 aliphatic rings. The summed E-state index contributed by atoms with van der Waals surface area (Å²) in [6.07, 6.45) is 2.15. The molecule has 1 saturated carbocycles. The second kappa shape index (κ2) is 9.61. The van der Waals surface area contributed by atoms with Crippen molar-refractivity contribution in [3.63, 3.8) is 0 Å². The van der Waals surface area contributed by atoms with Crippen LogP contribution in [0.15, 0.2) is 48.5 Å². The van der Waals surface area contributed by atoms with Crippen molar-refractivity contribution in [3.8, 4) is 5.75 Å². The van der Waals surface area contributed by atoms with Crippen LogP contribution in [-0.2, 0) is 17.8 Å². The Kier molecular flexibility index (Phi) is 6.42. The lowest BCUT2D eigenvalue weighted by atomic mass is 9.60. The van der Waals surface area contributed by atoms with E-state index in [0.29, 0.717) is 12.0 Å². The van der Waals surface area contributed by atoms with Crippen LogP contribution in [-0.4, -0.2) is 63.5 Å². The summed E-state index contributed by atoms with van der Waals surface area (Å²) in [6, 6.07) is 16.9. The summed E-state index contributed by atoms with van der Waals surface area (Å²) < 4.78 is 10.6. The molecule has 33 heavy (non-hydrogen) atoms. The highest BCUT2D eigenvalue weighted by Gasteiger charge is 2.52. The van der Waals surface area contributed by atoms with Crippen LogP contribution in [0.5, 0.6) is 5.75 Å². The molecule has 0 radical (unpaired) electrons. The topological polar surface area (TPSA) is 66.1 Å². The number of nitrogens with zero attached hydrogens (tertiary/aromatic N) is 2. The molecule has 2 amide bonds. The Morgan fingerprint density at radius 3 is 2.58 bits per heavy atom. The highest BCUT2D eigenvalue weighted by atomic mass is 16.5. The Morgan fingerprint density at radius 2 is 1.85 bits per heavy atom. The van der Waals surface area contributed by atoms with Gasteiger partial charge in [0.05, 0.1) is 20.3 Å². The number of carbonyl (C=O) groups excluding carboxylic acids is 1. The lowest BCUT2D eigenvalue weighted by Crippen LogP contribution is -2.66. The van der Waals surface area contributed by atoms with Crippen LogP contribution in [0.3, 0.4) is 0 Å². The highest BCUT2D eigenvalue weighted by Crippen LogP contribution is 2.48. The van der Waals surface area contributed by atoms with E-state index < -0.39 is 0 Å². The molecule has 3 fully saturated rings. The number of hydrogen-bond donors (Lipinski definition) is 2. The van der Waals surface area contributed by atoms with Crippen LogP contribution in [0.4, 0.5) is 10.5 Å². The number of rotatable bonds is 7. The zero-order chi connectivity index (χ0) is 22.7. The minimum Gasteiger partial charge on any atom is -0.497 e. The average molecular weight is 451 g/mol. The number of amides is 2. The third-order valence-corrected chi connectivity index (χ3v) is 7.12. The van der Waals surface area contributed by atoms with Crippen molar-refractivity contribution in [2.45, 2.75) is 32.0 Å². The number of anilines is 1. The second-order valence-corrected chi connectivity index (χ2v) is 9.69. The molecule has 0 bridgehead atoms. The van der Waals surface area contributed by atoms with Gasteiger partial charge in [-0.15, -0.1) is 0 Å². The molecule has 0 atom stereocenters. The molecule has 2 aromatic rings. The van der Waals surface area contributed by atoms with Gasteiger partial charge in [0.15, 0.2) is 0 Å². The third kappa shape index (κ3) is 5.25. The van der Waals surface area contributed by atoms with Crippen LogP contribution >= 0.6 is 0 Å². The van der Waals surface area contributed by atoms with E-state index in [2.05, 4.69) is 44.7 Å². The van der Waals surface area contributed by atoms with Crippen molar-refractivity contribution < 1.29 is 14.3 Å². The largest absolute Gasteiger partial charge is 0.497 e. The maximum absolute atomic E-state index is 12.3. The van der Waals surface area contributed by atoms with Crippen molar-refractivity contribution in [2.24, 2.45) is 5.41 Å². The zero-order valence-electron chi connectivity index (χ0n) is 19.4. The SMILES string of the molecule is COc1ccc(CNC(=O)NC2CC3(C2)CN(Cc2cccc(N4CCOCC4)c2)C3)cc1. The highest BCUT2D eigenvalue weighted by molar-refractivity contribution is 5.74. The van der Waals surface area contributed by atoms with Crippen molar-refractivity contribution >= 4 is 11.7 Å². The molecule has 1 spiro atoms. The Labute approximate surface area is 196 Å². The van der Waals surface area contributed by atoms with Crippen LogP contribution in [0.1, 0.15) is 24.0 Å². The number of benzene rings is 2. The van der Waals surface area contributed by atoms with Crippen molar-refractivity contribution in [3.05, 3.63) is 59.7 Å². The molecule has 2 saturated heterocycles. The number of hydrogen-bond acceptors (Lipinski definition) is 5. The van der Waals surface area contributed by atoms with Gasteiger partial charge in [-0.3, -0.25) is 4.90 Å². The van der Waals surface area contributed by atoms with E-state index in [1.165, 1.54) is 11.3 Å². The van der Waals surface area contributed by atoms with E-state index in [4.69, 9.17) is 9.47 Å². The summed E-state index contributed by atoms with van der Waals surface area (Å²) in [6.45, 7) is 7.34. The summed E-state index contributed by atoms with van der Waals surface area (Å²) >= 11 is 0. The van der Waals surface area contributed by atoms with Gasteiger partial charge in [0, 0.05) is 51.0 Å². The molecule has 2 aromatic carbocycles. The van der Waals surface area contributed by atoms with E-state index in [1.54, 1.807) is 7.11 Å². The van der Waals surface area contributed by atoms with Crippen molar-refractivity contribution in [1.82, 2.24) is 15.5 Å². The predicted molar refractivity (Wildman–Crippen MR) is 129 cm³/mol. The first-order chi connectivity index (χ1) is 16.1. The molecule has 2 heterocycles. The molecule has 0 unspecified atom stereocenters. The van der Waals surface area contributed by atoms with E-state index in [1.807, 2.05) is 24.3 Å². The number of carbonyl (C=O) groups is 1. The number of morpholine rings is 1. The summed E-state index contributed by atoms with van der Waals surface area (Å²) in [5.74, 6) is 0.822. The Bertz CT molecular complexity index is 944. The first-order valence-electron chi connectivity index (χ1n) is 11.9.